The summed E-state index contributed by atoms with van der Waals surface area (Å²) in [5.41, 5.74) is 1.41. The van der Waals surface area contributed by atoms with Crippen LogP contribution in [0.25, 0.3) is 10.2 Å². The standard InChI is InChI=1S/C27H33FN4O4S/c1-16-23-25(30-15-31-27(23)37-24(16)26(33)29-14-20-5-3-4-12-35-20)32-21-11-6-17(28)13-22(21)36-19-9-7-18(34-2)8-10-19/h6,11,13,15,18-20H,3-5,7-10,12,14H2,1-2H3,(H,29,33)(H,30,31,32)/t18-,19-,20?. The Labute approximate surface area is 219 Å². The number of hydrogen-bond acceptors (Lipinski definition) is 8. The van der Waals surface area contributed by atoms with Gasteiger partial charge in [0.05, 0.1) is 34.3 Å². The molecule has 1 aliphatic carbocycles. The second-order valence-corrected chi connectivity index (χ2v) is 10.7. The summed E-state index contributed by atoms with van der Waals surface area (Å²) in [4.78, 5) is 23.2. The Bertz CT molecular complexity index is 1240. The molecule has 1 unspecified atom stereocenters. The summed E-state index contributed by atoms with van der Waals surface area (Å²) in [6, 6.07) is 4.44. The molecule has 3 aromatic rings. The van der Waals surface area contributed by atoms with Gasteiger partial charge < -0.3 is 24.8 Å². The van der Waals surface area contributed by atoms with Crippen LogP contribution < -0.4 is 15.4 Å². The average molecular weight is 529 g/mol. The molecule has 8 nitrogen and oxygen atoms in total. The minimum absolute atomic E-state index is 0.00880. The summed E-state index contributed by atoms with van der Waals surface area (Å²) in [5, 5.41) is 7.10. The molecule has 5 rings (SSSR count). The molecular weight excluding hydrogens is 495 g/mol. The number of anilines is 2. The summed E-state index contributed by atoms with van der Waals surface area (Å²) in [5.74, 6) is 0.476. The van der Waals surface area contributed by atoms with E-state index in [1.165, 1.54) is 29.8 Å². The fourth-order valence-corrected chi connectivity index (χ4v) is 6.09. The first kappa shape index (κ1) is 25.8. The van der Waals surface area contributed by atoms with Crippen molar-refractivity contribution in [1.29, 1.82) is 0 Å². The van der Waals surface area contributed by atoms with Gasteiger partial charge in [0.1, 0.15) is 28.5 Å². The Morgan fingerprint density at radius 1 is 1.16 bits per heavy atom. The van der Waals surface area contributed by atoms with E-state index in [9.17, 15) is 9.18 Å². The zero-order chi connectivity index (χ0) is 25.8. The molecule has 10 heteroatoms. The van der Waals surface area contributed by atoms with Gasteiger partial charge in [0.25, 0.3) is 5.91 Å². The predicted molar refractivity (Wildman–Crippen MR) is 141 cm³/mol. The zero-order valence-electron chi connectivity index (χ0n) is 21.2. The van der Waals surface area contributed by atoms with Crippen molar-refractivity contribution in [3.63, 3.8) is 0 Å². The number of nitrogens with zero attached hydrogens (tertiary/aromatic N) is 2. The predicted octanol–water partition coefficient (Wildman–Crippen LogP) is 5.52. The van der Waals surface area contributed by atoms with E-state index in [2.05, 4.69) is 20.6 Å². The maximum Gasteiger partial charge on any atom is 0.261 e. The van der Waals surface area contributed by atoms with Gasteiger partial charge in [-0.3, -0.25) is 4.79 Å². The maximum absolute atomic E-state index is 14.2. The highest BCUT2D eigenvalue weighted by Gasteiger charge is 2.24. The number of aromatic nitrogens is 2. The maximum atomic E-state index is 14.2. The largest absolute Gasteiger partial charge is 0.488 e. The molecule has 0 bridgehead atoms. The minimum atomic E-state index is -0.369. The first-order chi connectivity index (χ1) is 18.0. The number of rotatable bonds is 8. The van der Waals surface area contributed by atoms with Gasteiger partial charge in [-0.2, -0.15) is 0 Å². The highest BCUT2D eigenvalue weighted by molar-refractivity contribution is 7.20. The van der Waals surface area contributed by atoms with Crippen LogP contribution in [0.5, 0.6) is 5.75 Å². The van der Waals surface area contributed by atoms with Gasteiger partial charge in [0.2, 0.25) is 0 Å². The van der Waals surface area contributed by atoms with E-state index >= 15 is 0 Å². The van der Waals surface area contributed by atoms with Crippen LogP contribution in [0.2, 0.25) is 0 Å². The summed E-state index contributed by atoms with van der Waals surface area (Å²) in [7, 11) is 1.73. The molecule has 37 heavy (non-hydrogen) atoms. The lowest BCUT2D eigenvalue weighted by Gasteiger charge is -2.28. The van der Waals surface area contributed by atoms with Crippen LogP contribution in [0.4, 0.5) is 15.9 Å². The number of fused-ring (bicyclic) bond motifs is 1. The third-order valence-electron chi connectivity index (χ3n) is 7.14. The second-order valence-electron chi connectivity index (χ2n) is 9.67. The number of hydrogen-bond donors (Lipinski definition) is 2. The summed E-state index contributed by atoms with van der Waals surface area (Å²) in [6.07, 6.45) is 8.45. The van der Waals surface area contributed by atoms with E-state index in [1.807, 2.05) is 6.92 Å². The zero-order valence-corrected chi connectivity index (χ0v) is 22.0. The van der Waals surface area contributed by atoms with Gasteiger partial charge in [0.15, 0.2) is 0 Å². The Kier molecular flexibility index (Phi) is 8.17. The number of amides is 1. The Balaban J connectivity index is 1.35. The fraction of sp³-hybridized carbons (Fsp3) is 0.519. The molecular formula is C27H33FN4O4S. The van der Waals surface area contributed by atoms with Crippen molar-refractivity contribution in [2.45, 2.75) is 70.2 Å². The molecule has 1 saturated carbocycles. The van der Waals surface area contributed by atoms with E-state index in [4.69, 9.17) is 14.2 Å². The van der Waals surface area contributed by atoms with E-state index in [0.717, 1.165) is 62.5 Å². The third-order valence-corrected chi connectivity index (χ3v) is 8.34. The second kappa shape index (κ2) is 11.7. The molecule has 2 N–H and O–H groups in total. The molecule has 2 fully saturated rings. The third kappa shape index (κ3) is 6.02. The van der Waals surface area contributed by atoms with Crippen LogP contribution in [0.15, 0.2) is 24.5 Å². The Hall–Kier alpha value is -2.82. The number of halogens is 1. The summed E-state index contributed by atoms with van der Waals surface area (Å²) in [6.45, 7) is 3.14. The topological polar surface area (TPSA) is 94.6 Å². The smallest absolute Gasteiger partial charge is 0.261 e. The summed E-state index contributed by atoms with van der Waals surface area (Å²) >= 11 is 1.33. The molecule has 198 valence electrons. The number of methoxy groups -OCH3 is 1. The number of carbonyl (C=O) groups is 1. The lowest BCUT2D eigenvalue weighted by atomic mass is 9.95. The first-order valence-electron chi connectivity index (χ1n) is 12.9. The summed E-state index contributed by atoms with van der Waals surface area (Å²) < 4.78 is 31.6. The van der Waals surface area contributed by atoms with E-state index in [0.29, 0.717) is 33.5 Å². The molecule has 0 spiro atoms. The lowest BCUT2D eigenvalue weighted by Crippen LogP contribution is -2.35. The van der Waals surface area contributed by atoms with Crippen LogP contribution in [0.3, 0.4) is 0 Å². The van der Waals surface area contributed by atoms with E-state index in [-0.39, 0.29) is 30.0 Å². The highest BCUT2D eigenvalue weighted by Crippen LogP contribution is 2.37. The molecule has 1 aliphatic heterocycles. The van der Waals surface area contributed by atoms with Crippen molar-refractivity contribution in [1.82, 2.24) is 15.3 Å². The van der Waals surface area contributed by atoms with Crippen molar-refractivity contribution < 1.29 is 23.4 Å². The molecule has 1 aromatic carbocycles. The molecule has 1 atom stereocenters. The quantitative estimate of drug-likeness (QED) is 0.398. The first-order valence-corrected chi connectivity index (χ1v) is 13.7. The lowest BCUT2D eigenvalue weighted by molar-refractivity contribution is 0.0169. The number of nitrogens with one attached hydrogen (secondary N) is 2. The SMILES string of the molecule is CO[C@H]1CC[C@H](Oc2cc(F)ccc2Nc2ncnc3sc(C(=O)NCC4CCCCO4)c(C)c23)CC1. The van der Waals surface area contributed by atoms with Crippen LogP contribution in [0.1, 0.15) is 60.2 Å². The van der Waals surface area contributed by atoms with Gasteiger partial charge >= 0.3 is 0 Å². The molecule has 2 aromatic heterocycles. The van der Waals surface area contributed by atoms with Crippen LogP contribution >= 0.6 is 11.3 Å². The highest BCUT2D eigenvalue weighted by atomic mass is 32.1. The van der Waals surface area contributed by atoms with E-state index in [1.54, 1.807) is 13.2 Å². The molecule has 0 radical (unpaired) electrons. The van der Waals surface area contributed by atoms with Crippen molar-refractivity contribution in [3.05, 3.63) is 40.8 Å². The number of aryl methyl sites for hydroxylation is 1. The Morgan fingerprint density at radius 2 is 1.97 bits per heavy atom. The van der Waals surface area contributed by atoms with Crippen molar-refractivity contribution in [2.75, 3.05) is 25.6 Å². The van der Waals surface area contributed by atoms with Crippen molar-refractivity contribution in [3.8, 4) is 5.75 Å². The van der Waals surface area contributed by atoms with Crippen LogP contribution in [-0.2, 0) is 9.47 Å². The monoisotopic (exact) mass is 528 g/mol. The number of benzene rings is 1. The van der Waals surface area contributed by atoms with Crippen LogP contribution in [0, 0.1) is 12.7 Å². The number of carbonyl (C=O) groups excluding carboxylic acids is 1. The van der Waals surface area contributed by atoms with Crippen LogP contribution in [-0.4, -0.2) is 54.4 Å². The van der Waals surface area contributed by atoms with Gasteiger partial charge in [-0.05, 0) is 69.6 Å². The molecule has 1 amide bonds. The normalized spacial score (nSPS) is 22.1. The average Bonchev–Trinajstić information content (AvgIpc) is 3.27. The van der Waals surface area contributed by atoms with Gasteiger partial charge in [-0.25, -0.2) is 14.4 Å². The Morgan fingerprint density at radius 3 is 2.73 bits per heavy atom. The van der Waals surface area contributed by atoms with E-state index < -0.39 is 0 Å². The van der Waals surface area contributed by atoms with Gasteiger partial charge in [-0.1, -0.05) is 0 Å². The van der Waals surface area contributed by atoms with Gasteiger partial charge in [0, 0.05) is 26.3 Å². The number of thiophene rings is 1. The molecule has 2 aliphatic rings. The van der Waals surface area contributed by atoms with Crippen molar-refractivity contribution in [2.24, 2.45) is 0 Å². The fourth-order valence-electron chi connectivity index (χ4n) is 5.03. The molecule has 1 saturated heterocycles. The minimum Gasteiger partial charge on any atom is -0.488 e. The number of ether oxygens (including phenoxy) is 3. The van der Waals surface area contributed by atoms with Gasteiger partial charge in [-0.15, -0.1) is 11.3 Å². The molecule has 3 heterocycles. The van der Waals surface area contributed by atoms with Crippen molar-refractivity contribution >= 4 is 39.0 Å².